The van der Waals surface area contributed by atoms with E-state index in [0.29, 0.717) is 6.04 Å². The molecule has 6 heteroatoms. The molecular formula is C18H30BrN5. The Balaban J connectivity index is 2.01. The van der Waals surface area contributed by atoms with Crippen LogP contribution in [0.5, 0.6) is 0 Å². The molecule has 0 spiro atoms. The van der Waals surface area contributed by atoms with Gasteiger partial charge >= 0.3 is 0 Å². The fraction of sp³-hybridized carbons (Fsp3) is 0.611. The van der Waals surface area contributed by atoms with E-state index < -0.39 is 0 Å². The van der Waals surface area contributed by atoms with E-state index in [-0.39, 0.29) is 6.04 Å². The van der Waals surface area contributed by atoms with Crippen molar-refractivity contribution >= 4 is 21.9 Å². The van der Waals surface area contributed by atoms with E-state index in [1.165, 1.54) is 5.56 Å². The summed E-state index contributed by atoms with van der Waals surface area (Å²) in [7, 11) is 4.37. The quantitative estimate of drug-likeness (QED) is 0.592. The summed E-state index contributed by atoms with van der Waals surface area (Å²) in [4.78, 5) is 9.61. The highest BCUT2D eigenvalue weighted by Gasteiger charge is 2.22. The Morgan fingerprint density at radius 2 is 2.08 bits per heavy atom. The molecule has 2 unspecified atom stereocenters. The molecule has 1 aromatic rings. The summed E-state index contributed by atoms with van der Waals surface area (Å²) in [5.41, 5.74) is 1.23. The van der Waals surface area contributed by atoms with Crippen molar-refractivity contribution in [2.45, 2.75) is 25.9 Å². The summed E-state index contributed by atoms with van der Waals surface area (Å²) in [6.07, 6.45) is 0. The minimum atomic E-state index is 0.185. The maximum Gasteiger partial charge on any atom is 0.191 e. The summed E-state index contributed by atoms with van der Waals surface area (Å²) >= 11 is 3.63. The van der Waals surface area contributed by atoms with E-state index in [0.717, 1.165) is 43.2 Å². The lowest BCUT2D eigenvalue weighted by molar-refractivity contribution is 0.119. The van der Waals surface area contributed by atoms with Crippen LogP contribution >= 0.6 is 15.9 Å². The van der Waals surface area contributed by atoms with Gasteiger partial charge in [0.25, 0.3) is 0 Å². The first-order valence-electron chi connectivity index (χ1n) is 8.69. The number of likely N-dealkylation sites (N-methyl/N-ethyl adjacent to an activating group) is 2. The van der Waals surface area contributed by atoms with E-state index in [9.17, 15) is 0 Å². The standard InChI is InChI=1S/C18H30BrN5/c1-5-20-18(21-12-15-13-23(3)10-11-24(15)4)22-14(2)16-8-6-7-9-17(16)19/h6-9,14-15H,5,10-13H2,1-4H3,(H2,20,21,22). The van der Waals surface area contributed by atoms with Crippen LogP contribution in [-0.4, -0.2) is 68.6 Å². The van der Waals surface area contributed by atoms with Crippen molar-refractivity contribution in [3.05, 3.63) is 34.3 Å². The molecule has 134 valence electrons. The summed E-state index contributed by atoms with van der Waals surface area (Å²) < 4.78 is 1.12. The van der Waals surface area contributed by atoms with E-state index >= 15 is 0 Å². The third kappa shape index (κ3) is 5.46. The number of hydrogen-bond donors (Lipinski definition) is 2. The normalized spacial score (nSPS) is 21.5. The molecule has 1 heterocycles. The van der Waals surface area contributed by atoms with Crippen molar-refractivity contribution in [2.75, 3.05) is 46.8 Å². The highest BCUT2D eigenvalue weighted by Crippen LogP contribution is 2.22. The Morgan fingerprint density at radius 3 is 2.79 bits per heavy atom. The van der Waals surface area contributed by atoms with Crippen LogP contribution in [0, 0.1) is 0 Å². The zero-order chi connectivity index (χ0) is 17.5. The van der Waals surface area contributed by atoms with Gasteiger partial charge in [-0.05, 0) is 39.6 Å². The molecule has 0 aliphatic carbocycles. The number of hydrogen-bond acceptors (Lipinski definition) is 3. The highest BCUT2D eigenvalue weighted by atomic mass is 79.9. The predicted molar refractivity (Wildman–Crippen MR) is 106 cm³/mol. The number of nitrogens with one attached hydrogen (secondary N) is 2. The van der Waals surface area contributed by atoms with Crippen LogP contribution in [0.4, 0.5) is 0 Å². The Kier molecular flexibility index (Phi) is 7.52. The van der Waals surface area contributed by atoms with Crippen LogP contribution in [0.15, 0.2) is 33.7 Å². The lowest BCUT2D eigenvalue weighted by atomic mass is 10.1. The van der Waals surface area contributed by atoms with Gasteiger partial charge in [0, 0.05) is 36.7 Å². The number of benzene rings is 1. The second-order valence-corrected chi connectivity index (χ2v) is 7.36. The van der Waals surface area contributed by atoms with Crippen LogP contribution in [-0.2, 0) is 0 Å². The molecule has 0 saturated carbocycles. The second-order valence-electron chi connectivity index (χ2n) is 6.50. The molecule has 0 aromatic heterocycles. The molecule has 2 atom stereocenters. The number of aliphatic imine (C=N–C) groups is 1. The number of nitrogens with zero attached hydrogens (tertiary/aromatic N) is 3. The molecule has 1 fully saturated rings. The largest absolute Gasteiger partial charge is 0.357 e. The maximum atomic E-state index is 4.83. The van der Waals surface area contributed by atoms with E-state index in [2.05, 4.69) is 82.5 Å². The molecule has 24 heavy (non-hydrogen) atoms. The zero-order valence-corrected chi connectivity index (χ0v) is 16.8. The molecule has 1 aliphatic heterocycles. The van der Waals surface area contributed by atoms with Gasteiger partial charge in [-0.2, -0.15) is 0 Å². The summed E-state index contributed by atoms with van der Waals surface area (Å²) in [5, 5.41) is 6.88. The summed E-state index contributed by atoms with van der Waals surface area (Å²) in [6.45, 7) is 9.23. The van der Waals surface area contributed by atoms with Crippen LogP contribution in [0.25, 0.3) is 0 Å². The van der Waals surface area contributed by atoms with E-state index in [1.54, 1.807) is 0 Å². The van der Waals surface area contributed by atoms with E-state index in [4.69, 9.17) is 4.99 Å². The minimum Gasteiger partial charge on any atom is -0.357 e. The first-order chi connectivity index (χ1) is 11.5. The fourth-order valence-electron chi connectivity index (χ4n) is 2.92. The van der Waals surface area contributed by atoms with Crippen LogP contribution in [0.1, 0.15) is 25.5 Å². The van der Waals surface area contributed by atoms with Gasteiger partial charge in [-0.15, -0.1) is 0 Å². The molecule has 2 N–H and O–H groups in total. The lowest BCUT2D eigenvalue weighted by Gasteiger charge is -2.37. The average Bonchev–Trinajstić information content (AvgIpc) is 2.56. The van der Waals surface area contributed by atoms with Gasteiger partial charge in [0.05, 0.1) is 12.6 Å². The van der Waals surface area contributed by atoms with Gasteiger partial charge in [-0.1, -0.05) is 34.1 Å². The van der Waals surface area contributed by atoms with Crippen LogP contribution in [0.3, 0.4) is 0 Å². The number of halogens is 1. The van der Waals surface area contributed by atoms with Crippen molar-refractivity contribution in [2.24, 2.45) is 4.99 Å². The topological polar surface area (TPSA) is 42.9 Å². The SMILES string of the molecule is CCNC(=NCC1CN(C)CCN1C)NC(C)c1ccccc1Br. The average molecular weight is 396 g/mol. The van der Waals surface area contributed by atoms with Crippen LogP contribution < -0.4 is 10.6 Å². The number of rotatable bonds is 5. The smallest absolute Gasteiger partial charge is 0.191 e. The fourth-order valence-corrected chi connectivity index (χ4v) is 3.55. The zero-order valence-electron chi connectivity index (χ0n) is 15.2. The highest BCUT2D eigenvalue weighted by molar-refractivity contribution is 9.10. The number of guanidine groups is 1. The third-order valence-corrected chi connectivity index (χ3v) is 5.23. The van der Waals surface area contributed by atoms with Crippen molar-refractivity contribution in [3.63, 3.8) is 0 Å². The Morgan fingerprint density at radius 1 is 1.33 bits per heavy atom. The Bertz CT molecular complexity index is 548. The van der Waals surface area contributed by atoms with Gasteiger partial charge in [0.15, 0.2) is 5.96 Å². The minimum absolute atomic E-state index is 0.185. The van der Waals surface area contributed by atoms with Gasteiger partial charge in [0.1, 0.15) is 0 Å². The van der Waals surface area contributed by atoms with Crippen molar-refractivity contribution in [1.29, 1.82) is 0 Å². The van der Waals surface area contributed by atoms with Crippen LogP contribution in [0.2, 0.25) is 0 Å². The van der Waals surface area contributed by atoms with Gasteiger partial charge in [0.2, 0.25) is 0 Å². The predicted octanol–water partition coefficient (Wildman–Crippen LogP) is 2.31. The van der Waals surface area contributed by atoms with Crippen molar-refractivity contribution < 1.29 is 0 Å². The molecular weight excluding hydrogens is 366 g/mol. The van der Waals surface area contributed by atoms with Gasteiger partial charge in [-0.3, -0.25) is 9.89 Å². The molecule has 1 saturated heterocycles. The molecule has 0 amide bonds. The van der Waals surface area contributed by atoms with Crippen molar-refractivity contribution in [1.82, 2.24) is 20.4 Å². The molecule has 0 bridgehead atoms. The van der Waals surface area contributed by atoms with E-state index in [1.807, 2.05) is 6.07 Å². The molecule has 1 aromatic carbocycles. The van der Waals surface area contributed by atoms with Gasteiger partial charge in [-0.25, -0.2) is 0 Å². The lowest BCUT2D eigenvalue weighted by Crippen LogP contribution is -2.51. The second kappa shape index (κ2) is 9.39. The Hall–Kier alpha value is -1.11. The molecule has 5 nitrogen and oxygen atoms in total. The first-order valence-corrected chi connectivity index (χ1v) is 9.48. The molecule has 1 aliphatic rings. The summed E-state index contributed by atoms with van der Waals surface area (Å²) in [5.74, 6) is 0.877. The van der Waals surface area contributed by atoms with Crippen molar-refractivity contribution in [3.8, 4) is 0 Å². The summed E-state index contributed by atoms with van der Waals surface area (Å²) in [6, 6.07) is 8.96. The molecule has 2 rings (SSSR count). The third-order valence-electron chi connectivity index (χ3n) is 4.51. The first kappa shape index (κ1) is 19.2. The number of piperazine rings is 1. The Labute approximate surface area is 154 Å². The van der Waals surface area contributed by atoms with Gasteiger partial charge < -0.3 is 15.5 Å². The monoisotopic (exact) mass is 395 g/mol. The molecule has 0 radical (unpaired) electrons. The maximum absolute atomic E-state index is 4.83.